The summed E-state index contributed by atoms with van der Waals surface area (Å²) in [5.74, 6) is 1.89. The number of rotatable bonds is 4. The SMILES string of the molecule is CC(C)c1nc(Cl)cc(SCc2ccc(Cl)cc2)n1. The lowest BCUT2D eigenvalue weighted by Gasteiger charge is -2.07. The molecular weight excluding hydrogens is 299 g/mol. The van der Waals surface area contributed by atoms with Crippen molar-refractivity contribution in [3.8, 4) is 0 Å². The van der Waals surface area contributed by atoms with Crippen molar-refractivity contribution in [1.29, 1.82) is 0 Å². The number of benzene rings is 1. The molecule has 2 rings (SSSR count). The molecule has 0 radical (unpaired) electrons. The monoisotopic (exact) mass is 312 g/mol. The molecule has 2 aromatic rings. The molecule has 0 aliphatic carbocycles. The van der Waals surface area contributed by atoms with E-state index in [-0.39, 0.29) is 5.92 Å². The maximum absolute atomic E-state index is 6.01. The second-order valence-electron chi connectivity index (χ2n) is 4.46. The van der Waals surface area contributed by atoms with Gasteiger partial charge in [0.25, 0.3) is 0 Å². The zero-order chi connectivity index (χ0) is 13.8. The molecule has 0 bridgehead atoms. The predicted molar refractivity (Wildman–Crippen MR) is 82.1 cm³/mol. The quantitative estimate of drug-likeness (QED) is 0.573. The molecule has 1 aromatic heterocycles. The fraction of sp³-hybridized carbons (Fsp3) is 0.286. The standard InChI is InChI=1S/C14H14Cl2N2S/c1-9(2)14-17-12(16)7-13(18-14)19-8-10-3-5-11(15)6-4-10/h3-7,9H,8H2,1-2H3. The molecule has 0 N–H and O–H groups in total. The van der Waals surface area contributed by atoms with Crippen LogP contribution in [0, 0.1) is 0 Å². The van der Waals surface area contributed by atoms with Crippen molar-refractivity contribution in [3.63, 3.8) is 0 Å². The van der Waals surface area contributed by atoms with Crippen LogP contribution in [0.3, 0.4) is 0 Å². The Labute approximate surface area is 127 Å². The zero-order valence-corrected chi connectivity index (χ0v) is 13.1. The number of thioether (sulfide) groups is 1. The lowest BCUT2D eigenvalue weighted by Crippen LogP contribution is -1.98. The van der Waals surface area contributed by atoms with E-state index in [0.29, 0.717) is 5.15 Å². The van der Waals surface area contributed by atoms with Crippen molar-refractivity contribution >= 4 is 35.0 Å². The Balaban J connectivity index is 2.08. The number of hydrogen-bond acceptors (Lipinski definition) is 3. The van der Waals surface area contributed by atoms with E-state index in [9.17, 15) is 0 Å². The number of halogens is 2. The third kappa shape index (κ3) is 4.37. The minimum absolute atomic E-state index is 0.272. The van der Waals surface area contributed by atoms with Crippen LogP contribution in [0.5, 0.6) is 0 Å². The largest absolute Gasteiger partial charge is 0.226 e. The van der Waals surface area contributed by atoms with Gasteiger partial charge in [-0.2, -0.15) is 0 Å². The van der Waals surface area contributed by atoms with Gasteiger partial charge in [-0.25, -0.2) is 9.97 Å². The van der Waals surface area contributed by atoms with Gasteiger partial charge in [0.05, 0.1) is 0 Å². The molecule has 2 nitrogen and oxygen atoms in total. The molecular formula is C14H14Cl2N2S. The third-order valence-corrected chi connectivity index (χ3v) is 3.93. The molecule has 19 heavy (non-hydrogen) atoms. The van der Waals surface area contributed by atoms with Gasteiger partial charge in [0.2, 0.25) is 0 Å². The normalized spacial score (nSPS) is 11.0. The van der Waals surface area contributed by atoms with Crippen LogP contribution in [0.2, 0.25) is 10.2 Å². The first-order valence-electron chi connectivity index (χ1n) is 5.96. The summed E-state index contributed by atoms with van der Waals surface area (Å²) in [6.07, 6.45) is 0. The Morgan fingerprint density at radius 1 is 1.11 bits per heavy atom. The van der Waals surface area contributed by atoms with Gasteiger partial charge >= 0.3 is 0 Å². The average Bonchev–Trinajstić information content (AvgIpc) is 2.37. The summed E-state index contributed by atoms with van der Waals surface area (Å²) in [7, 11) is 0. The number of aromatic nitrogens is 2. The van der Waals surface area contributed by atoms with E-state index in [0.717, 1.165) is 21.6 Å². The first-order chi connectivity index (χ1) is 9.04. The smallest absolute Gasteiger partial charge is 0.133 e. The van der Waals surface area contributed by atoms with Crippen molar-refractivity contribution < 1.29 is 0 Å². The van der Waals surface area contributed by atoms with E-state index in [4.69, 9.17) is 23.2 Å². The molecule has 1 aromatic carbocycles. The second kappa shape index (κ2) is 6.60. The van der Waals surface area contributed by atoms with Gasteiger partial charge in [0.1, 0.15) is 16.0 Å². The van der Waals surface area contributed by atoms with Crippen LogP contribution in [0.1, 0.15) is 31.2 Å². The molecule has 0 fully saturated rings. The maximum atomic E-state index is 6.01. The van der Waals surface area contributed by atoms with E-state index in [1.807, 2.05) is 24.3 Å². The van der Waals surface area contributed by atoms with Crippen LogP contribution >= 0.6 is 35.0 Å². The van der Waals surface area contributed by atoms with E-state index in [2.05, 4.69) is 23.8 Å². The van der Waals surface area contributed by atoms with Crippen LogP contribution in [-0.4, -0.2) is 9.97 Å². The Morgan fingerprint density at radius 3 is 2.42 bits per heavy atom. The van der Waals surface area contributed by atoms with Gasteiger partial charge in [0.15, 0.2) is 0 Å². The summed E-state index contributed by atoms with van der Waals surface area (Å²) < 4.78 is 0. The van der Waals surface area contributed by atoms with Gasteiger partial charge in [-0.3, -0.25) is 0 Å². The van der Waals surface area contributed by atoms with Crippen LogP contribution < -0.4 is 0 Å². The molecule has 100 valence electrons. The number of nitrogens with zero attached hydrogens (tertiary/aromatic N) is 2. The molecule has 0 spiro atoms. The maximum Gasteiger partial charge on any atom is 0.133 e. The molecule has 0 saturated carbocycles. The predicted octanol–water partition coefficient (Wildman–Crippen LogP) is 5.20. The molecule has 0 atom stereocenters. The van der Waals surface area contributed by atoms with E-state index in [1.54, 1.807) is 17.8 Å². The topological polar surface area (TPSA) is 25.8 Å². The molecule has 0 amide bonds. The van der Waals surface area contributed by atoms with Gasteiger partial charge in [-0.1, -0.05) is 49.2 Å². The van der Waals surface area contributed by atoms with Crippen molar-refractivity contribution in [2.45, 2.75) is 30.5 Å². The summed E-state index contributed by atoms with van der Waals surface area (Å²) in [6, 6.07) is 9.62. The summed E-state index contributed by atoms with van der Waals surface area (Å²) in [5.41, 5.74) is 1.20. The zero-order valence-electron chi connectivity index (χ0n) is 10.7. The third-order valence-electron chi connectivity index (χ3n) is 2.51. The van der Waals surface area contributed by atoms with Gasteiger partial charge in [-0.05, 0) is 17.7 Å². The first kappa shape index (κ1) is 14.6. The Morgan fingerprint density at radius 2 is 1.79 bits per heavy atom. The Bertz CT molecular complexity index is 556. The second-order valence-corrected chi connectivity index (χ2v) is 6.28. The van der Waals surface area contributed by atoms with E-state index in [1.165, 1.54) is 5.56 Å². The van der Waals surface area contributed by atoms with Gasteiger partial charge < -0.3 is 0 Å². The molecule has 0 unspecified atom stereocenters. The molecule has 0 aliphatic rings. The summed E-state index contributed by atoms with van der Waals surface area (Å²) in [4.78, 5) is 8.73. The van der Waals surface area contributed by atoms with Crippen LogP contribution in [0.4, 0.5) is 0 Å². The average molecular weight is 313 g/mol. The summed E-state index contributed by atoms with van der Waals surface area (Å²) in [5, 5.41) is 2.15. The van der Waals surface area contributed by atoms with E-state index < -0.39 is 0 Å². The molecule has 0 saturated heterocycles. The fourth-order valence-corrected chi connectivity index (χ4v) is 2.72. The highest BCUT2D eigenvalue weighted by Gasteiger charge is 2.07. The molecule has 0 aliphatic heterocycles. The highest BCUT2D eigenvalue weighted by molar-refractivity contribution is 7.98. The van der Waals surface area contributed by atoms with Gasteiger partial charge in [-0.15, -0.1) is 11.8 Å². The molecule has 5 heteroatoms. The van der Waals surface area contributed by atoms with Crippen molar-refractivity contribution in [1.82, 2.24) is 9.97 Å². The van der Waals surface area contributed by atoms with Crippen LogP contribution in [-0.2, 0) is 5.75 Å². The fourth-order valence-electron chi connectivity index (χ4n) is 1.48. The minimum Gasteiger partial charge on any atom is -0.226 e. The highest BCUT2D eigenvalue weighted by Crippen LogP contribution is 2.25. The van der Waals surface area contributed by atoms with Crippen LogP contribution in [0.25, 0.3) is 0 Å². The Hall–Kier alpha value is -0.770. The van der Waals surface area contributed by atoms with E-state index >= 15 is 0 Å². The first-order valence-corrected chi connectivity index (χ1v) is 7.70. The lowest BCUT2D eigenvalue weighted by molar-refractivity contribution is 0.753. The minimum atomic E-state index is 0.272. The summed E-state index contributed by atoms with van der Waals surface area (Å²) in [6.45, 7) is 4.11. The van der Waals surface area contributed by atoms with Gasteiger partial charge in [0, 0.05) is 22.8 Å². The molecule has 1 heterocycles. The summed E-state index contributed by atoms with van der Waals surface area (Å²) >= 11 is 13.5. The number of hydrogen-bond donors (Lipinski definition) is 0. The highest BCUT2D eigenvalue weighted by atomic mass is 35.5. The van der Waals surface area contributed by atoms with Crippen LogP contribution in [0.15, 0.2) is 35.4 Å². The van der Waals surface area contributed by atoms with Crippen molar-refractivity contribution in [2.75, 3.05) is 0 Å². The van der Waals surface area contributed by atoms with Crippen molar-refractivity contribution in [3.05, 3.63) is 51.9 Å². The Kier molecular flexibility index (Phi) is 5.08. The lowest BCUT2D eigenvalue weighted by atomic mass is 10.2. The van der Waals surface area contributed by atoms with Crippen molar-refractivity contribution in [2.24, 2.45) is 0 Å².